The Balaban J connectivity index is 2.30. The standard InChI is InChI=1S/C9H7BrN4OS/c1-5-2-7(15)14-9(13-5)16-8-3-6(10)11-4-12-8/h2-4H,1H3,(H,13,14,15). The summed E-state index contributed by atoms with van der Waals surface area (Å²) in [5.41, 5.74) is 0.516. The molecule has 0 aliphatic rings. The van der Waals surface area contributed by atoms with E-state index in [1.807, 2.05) is 0 Å². The molecule has 2 aromatic heterocycles. The fourth-order valence-corrected chi connectivity index (χ4v) is 2.34. The molecule has 0 amide bonds. The zero-order valence-corrected chi connectivity index (χ0v) is 10.7. The number of nitrogens with zero attached hydrogens (tertiary/aromatic N) is 3. The quantitative estimate of drug-likeness (QED) is 0.676. The summed E-state index contributed by atoms with van der Waals surface area (Å²) >= 11 is 4.53. The molecular weight excluding hydrogens is 292 g/mol. The van der Waals surface area contributed by atoms with Gasteiger partial charge in [0.1, 0.15) is 16.0 Å². The van der Waals surface area contributed by atoms with Crippen LogP contribution in [0.4, 0.5) is 0 Å². The topological polar surface area (TPSA) is 71.5 Å². The number of halogens is 1. The van der Waals surface area contributed by atoms with E-state index >= 15 is 0 Å². The van der Waals surface area contributed by atoms with Crippen LogP contribution in [-0.4, -0.2) is 19.9 Å². The summed E-state index contributed by atoms with van der Waals surface area (Å²) in [5.74, 6) is 0. The van der Waals surface area contributed by atoms with Gasteiger partial charge >= 0.3 is 0 Å². The van der Waals surface area contributed by atoms with Gasteiger partial charge in [-0.3, -0.25) is 4.79 Å². The van der Waals surface area contributed by atoms with Gasteiger partial charge in [-0.25, -0.2) is 15.0 Å². The number of H-pyrrole nitrogens is 1. The minimum Gasteiger partial charge on any atom is -0.301 e. The van der Waals surface area contributed by atoms with E-state index in [-0.39, 0.29) is 5.56 Å². The smallest absolute Gasteiger partial charge is 0.251 e. The minimum absolute atomic E-state index is 0.164. The van der Waals surface area contributed by atoms with Crippen LogP contribution < -0.4 is 5.56 Å². The summed E-state index contributed by atoms with van der Waals surface area (Å²) in [6, 6.07) is 3.20. The third-order valence-corrected chi connectivity index (χ3v) is 2.91. The lowest BCUT2D eigenvalue weighted by atomic mass is 10.5. The van der Waals surface area contributed by atoms with Crippen molar-refractivity contribution >= 4 is 27.7 Å². The highest BCUT2D eigenvalue weighted by molar-refractivity contribution is 9.10. The SMILES string of the molecule is Cc1cc(=O)[nH]c(Sc2cc(Br)ncn2)n1. The lowest BCUT2D eigenvalue weighted by Gasteiger charge is -2.00. The van der Waals surface area contributed by atoms with Gasteiger partial charge in [-0.2, -0.15) is 0 Å². The molecule has 16 heavy (non-hydrogen) atoms. The first-order chi connectivity index (χ1) is 7.63. The van der Waals surface area contributed by atoms with E-state index in [1.165, 1.54) is 24.2 Å². The third-order valence-electron chi connectivity index (χ3n) is 1.66. The molecule has 0 aliphatic carbocycles. The van der Waals surface area contributed by atoms with Crippen molar-refractivity contribution in [2.75, 3.05) is 0 Å². The molecule has 2 heterocycles. The molecule has 0 bridgehead atoms. The van der Waals surface area contributed by atoms with Gasteiger partial charge in [-0.1, -0.05) is 0 Å². The van der Waals surface area contributed by atoms with Gasteiger partial charge in [0.2, 0.25) is 0 Å². The number of aromatic amines is 1. The van der Waals surface area contributed by atoms with Crippen molar-refractivity contribution in [3.05, 3.63) is 39.1 Å². The number of nitrogens with one attached hydrogen (secondary N) is 1. The average Bonchev–Trinajstić information content (AvgIpc) is 2.15. The van der Waals surface area contributed by atoms with E-state index in [0.717, 1.165) is 5.03 Å². The zero-order chi connectivity index (χ0) is 11.5. The van der Waals surface area contributed by atoms with Crippen LogP contribution >= 0.6 is 27.7 Å². The highest BCUT2D eigenvalue weighted by Gasteiger charge is 2.03. The predicted octanol–water partition coefficient (Wildman–Crippen LogP) is 1.78. The largest absolute Gasteiger partial charge is 0.301 e. The fraction of sp³-hybridized carbons (Fsp3) is 0.111. The van der Waals surface area contributed by atoms with Crippen molar-refractivity contribution in [1.29, 1.82) is 0 Å². The highest BCUT2D eigenvalue weighted by atomic mass is 79.9. The molecule has 0 saturated heterocycles. The first kappa shape index (κ1) is 11.3. The Labute approximate surface area is 104 Å². The zero-order valence-electron chi connectivity index (χ0n) is 8.27. The third kappa shape index (κ3) is 2.89. The highest BCUT2D eigenvalue weighted by Crippen LogP contribution is 2.22. The lowest BCUT2D eigenvalue weighted by molar-refractivity contribution is 0.899. The maximum Gasteiger partial charge on any atom is 0.251 e. The molecule has 1 N–H and O–H groups in total. The molecule has 0 aliphatic heterocycles. The summed E-state index contributed by atoms with van der Waals surface area (Å²) in [5, 5.41) is 1.24. The Morgan fingerprint density at radius 2 is 2.19 bits per heavy atom. The Kier molecular flexibility index (Phi) is 3.35. The fourth-order valence-electron chi connectivity index (χ4n) is 1.07. The van der Waals surface area contributed by atoms with E-state index in [1.54, 1.807) is 13.0 Å². The Morgan fingerprint density at radius 3 is 2.88 bits per heavy atom. The number of rotatable bonds is 2. The molecule has 0 radical (unpaired) electrons. The van der Waals surface area contributed by atoms with Gasteiger partial charge in [-0.15, -0.1) is 0 Å². The molecule has 2 rings (SSSR count). The van der Waals surface area contributed by atoms with Crippen molar-refractivity contribution in [1.82, 2.24) is 19.9 Å². The summed E-state index contributed by atoms with van der Waals surface area (Å²) < 4.78 is 0.694. The molecule has 0 unspecified atom stereocenters. The first-order valence-corrected chi connectivity index (χ1v) is 5.98. The van der Waals surface area contributed by atoms with Crippen molar-refractivity contribution in [3.63, 3.8) is 0 Å². The molecule has 0 spiro atoms. The molecule has 82 valence electrons. The normalized spacial score (nSPS) is 10.4. The predicted molar refractivity (Wildman–Crippen MR) is 63.4 cm³/mol. The van der Waals surface area contributed by atoms with Crippen LogP contribution in [0.2, 0.25) is 0 Å². The van der Waals surface area contributed by atoms with E-state index in [4.69, 9.17) is 0 Å². The van der Waals surface area contributed by atoms with Crippen molar-refractivity contribution < 1.29 is 0 Å². The van der Waals surface area contributed by atoms with E-state index in [9.17, 15) is 4.79 Å². The molecule has 5 nitrogen and oxygen atoms in total. The molecule has 0 aromatic carbocycles. The lowest BCUT2D eigenvalue weighted by Crippen LogP contribution is -2.07. The van der Waals surface area contributed by atoms with Gasteiger partial charge in [0.05, 0.1) is 0 Å². The monoisotopic (exact) mass is 298 g/mol. The Hall–Kier alpha value is -1.21. The molecule has 7 heteroatoms. The average molecular weight is 299 g/mol. The number of aryl methyl sites for hydroxylation is 1. The summed E-state index contributed by atoms with van der Waals surface area (Å²) in [7, 11) is 0. The summed E-state index contributed by atoms with van der Waals surface area (Å²) in [6.45, 7) is 1.77. The number of aromatic nitrogens is 4. The van der Waals surface area contributed by atoms with Crippen LogP contribution in [0.1, 0.15) is 5.69 Å². The maximum absolute atomic E-state index is 11.2. The Morgan fingerprint density at radius 1 is 1.38 bits per heavy atom. The number of hydrogen-bond donors (Lipinski definition) is 1. The van der Waals surface area contributed by atoms with Gasteiger partial charge in [0.15, 0.2) is 5.16 Å². The van der Waals surface area contributed by atoms with Crippen molar-refractivity contribution in [2.24, 2.45) is 0 Å². The first-order valence-electron chi connectivity index (χ1n) is 4.37. The van der Waals surface area contributed by atoms with Gasteiger partial charge < -0.3 is 4.98 Å². The Bertz CT molecular complexity index is 571. The molecule has 2 aromatic rings. The van der Waals surface area contributed by atoms with Crippen molar-refractivity contribution in [3.8, 4) is 0 Å². The minimum atomic E-state index is -0.164. The molecule has 0 atom stereocenters. The van der Waals surface area contributed by atoms with E-state index < -0.39 is 0 Å². The van der Waals surface area contributed by atoms with Crippen LogP contribution in [0.3, 0.4) is 0 Å². The van der Waals surface area contributed by atoms with Crippen LogP contribution in [0.5, 0.6) is 0 Å². The van der Waals surface area contributed by atoms with Gasteiger partial charge in [0, 0.05) is 17.8 Å². The van der Waals surface area contributed by atoms with E-state index in [2.05, 4.69) is 35.9 Å². The van der Waals surface area contributed by atoms with E-state index in [0.29, 0.717) is 15.5 Å². The van der Waals surface area contributed by atoms with Crippen LogP contribution in [0.15, 0.2) is 38.0 Å². The summed E-state index contributed by atoms with van der Waals surface area (Å²) in [6.07, 6.45) is 1.44. The van der Waals surface area contributed by atoms with Crippen LogP contribution in [-0.2, 0) is 0 Å². The van der Waals surface area contributed by atoms with Crippen LogP contribution in [0.25, 0.3) is 0 Å². The second-order valence-electron chi connectivity index (χ2n) is 2.97. The van der Waals surface area contributed by atoms with Crippen LogP contribution in [0, 0.1) is 6.92 Å². The molecular formula is C9H7BrN4OS. The van der Waals surface area contributed by atoms with Crippen molar-refractivity contribution in [2.45, 2.75) is 17.1 Å². The second kappa shape index (κ2) is 4.75. The second-order valence-corrected chi connectivity index (χ2v) is 4.79. The molecule has 0 fully saturated rings. The van der Waals surface area contributed by atoms with Gasteiger partial charge in [0.25, 0.3) is 5.56 Å². The maximum atomic E-state index is 11.2. The molecule has 0 saturated carbocycles. The summed E-state index contributed by atoms with van der Waals surface area (Å²) in [4.78, 5) is 26.0. The van der Waals surface area contributed by atoms with Gasteiger partial charge in [-0.05, 0) is 34.6 Å². The number of hydrogen-bond acceptors (Lipinski definition) is 5.